The quantitative estimate of drug-likeness (QED) is 0.762. The molecule has 2 heterocycles. The summed E-state index contributed by atoms with van der Waals surface area (Å²) in [4.78, 5) is 8.03. The molecule has 0 bridgehead atoms. The Kier molecular flexibility index (Phi) is 2.77. The fourth-order valence-electron chi connectivity index (χ4n) is 1.26. The molecule has 0 aliphatic rings. The Morgan fingerprint density at radius 1 is 1.47 bits per heavy atom. The second-order valence-corrected chi connectivity index (χ2v) is 2.95. The van der Waals surface area contributed by atoms with Crippen LogP contribution in [-0.2, 0) is 4.74 Å². The predicted molar refractivity (Wildman–Crippen MR) is 53.4 cm³/mol. The topological polar surface area (TPSA) is 72.9 Å². The predicted octanol–water partition coefficient (Wildman–Crippen LogP) is 1.11. The zero-order valence-electron chi connectivity index (χ0n) is 8.60. The Labute approximate surface area is 86.6 Å². The molecule has 2 rings (SSSR count). The van der Waals surface area contributed by atoms with E-state index in [0.717, 1.165) is 5.39 Å². The molecule has 15 heavy (non-hydrogen) atoms. The van der Waals surface area contributed by atoms with Gasteiger partial charge in [-0.05, 0) is 13.8 Å². The average molecular weight is 208 g/mol. The number of rotatable bonds is 4. The number of hydrogen-bond donors (Lipinski definition) is 1. The largest absolute Gasteiger partial charge is 0.447 e. The lowest BCUT2D eigenvalue weighted by Crippen LogP contribution is -2.16. The van der Waals surface area contributed by atoms with Crippen LogP contribution in [-0.4, -0.2) is 33.1 Å². The van der Waals surface area contributed by atoms with Crippen molar-refractivity contribution in [2.24, 2.45) is 0 Å². The first-order chi connectivity index (χ1) is 7.31. The number of aromatic amines is 1. The lowest BCUT2D eigenvalue weighted by atomic mass is 10.4. The van der Waals surface area contributed by atoms with E-state index in [2.05, 4.69) is 20.2 Å². The summed E-state index contributed by atoms with van der Waals surface area (Å²) < 4.78 is 10.8. The Balaban J connectivity index is 2.23. The number of nitrogens with zero attached hydrogens (tertiary/aromatic N) is 3. The summed E-state index contributed by atoms with van der Waals surface area (Å²) in [7, 11) is 0. The van der Waals surface area contributed by atoms with Crippen molar-refractivity contribution >= 4 is 11.0 Å². The zero-order chi connectivity index (χ0) is 10.7. The van der Waals surface area contributed by atoms with Crippen LogP contribution in [0, 0.1) is 0 Å². The second kappa shape index (κ2) is 4.22. The third-order valence-corrected chi connectivity index (χ3v) is 1.89. The van der Waals surface area contributed by atoms with Gasteiger partial charge in [0.25, 0.3) is 0 Å². The molecule has 6 heteroatoms. The molecule has 0 spiro atoms. The van der Waals surface area contributed by atoms with E-state index in [1.54, 1.807) is 6.20 Å². The van der Waals surface area contributed by atoms with E-state index >= 15 is 0 Å². The van der Waals surface area contributed by atoms with Gasteiger partial charge in [0.1, 0.15) is 11.7 Å². The number of aromatic nitrogens is 4. The molecule has 0 aliphatic heterocycles. The van der Waals surface area contributed by atoms with Crippen molar-refractivity contribution in [1.29, 1.82) is 0 Å². The van der Waals surface area contributed by atoms with Gasteiger partial charge in [-0.25, -0.2) is 9.97 Å². The fourth-order valence-corrected chi connectivity index (χ4v) is 1.26. The van der Waals surface area contributed by atoms with Gasteiger partial charge in [0, 0.05) is 6.61 Å². The first-order valence-corrected chi connectivity index (χ1v) is 4.73. The van der Waals surface area contributed by atoms with Crippen molar-refractivity contribution in [2.75, 3.05) is 6.61 Å². The molecule has 80 valence electrons. The molecule has 0 fully saturated rings. The van der Waals surface area contributed by atoms with Crippen LogP contribution in [0.5, 0.6) is 5.88 Å². The molecule has 6 nitrogen and oxygen atoms in total. The Morgan fingerprint density at radius 2 is 2.33 bits per heavy atom. The van der Waals surface area contributed by atoms with Gasteiger partial charge in [0.2, 0.25) is 5.88 Å². The van der Waals surface area contributed by atoms with Crippen molar-refractivity contribution < 1.29 is 9.47 Å². The molecule has 0 amide bonds. The van der Waals surface area contributed by atoms with Gasteiger partial charge >= 0.3 is 0 Å². The van der Waals surface area contributed by atoms with Crippen LogP contribution in [0.25, 0.3) is 11.0 Å². The highest BCUT2D eigenvalue weighted by molar-refractivity contribution is 5.78. The molecule has 0 saturated carbocycles. The van der Waals surface area contributed by atoms with Gasteiger partial charge in [-0.2, -0.15) is 5.10 Å². The van der Waals surface area contributed by atoms with Gasteiger partial charge < -0.3 is 9.47 Å². The molecule has 1 atom stereocenters. The highest BCUT2D eigenvalue weighted by Gasteiger charge is 2.09. The van der Waals surface area contributed by atoms with E-state index in [9.17, 15) is 0 Å². The lowest BCUT2D eigenvalue weighted by molar-refractivity contribution is -0.0628. The van der Waals surface area contributed by atoms with Gasteiger partial charge in [-0.3, -0.25) is 5.10 Å². The minimum atomic E-state index is -0.331. The van der Waals surface area contributed by atoms with E-state index in [0.29, 0.717) is 18.1 Å². The van der Waals surface area contributed by atoms with Crippen LogP contribution >= 0.6 is 0 Å². The van der Waals surface area contributed by atoms with Crippen LogP contribution < -0.4 is 4.74 Å². The third kappa shape index (κ3) is 2.04. The van der Waals surface area contributed by atoms with Crippen molar-refractivity contribution in [3.63, 3.8) is 0 Å². The molecule has 0 radical (unpaired) electrons. The average Bonchev–Trinajstić information content (AvgIpc) is 2.67. The SMILES string of the molecule is CCO[C@H](C)Oc1ncnc2[nH]ncc12. The summed E-state index contributed by atoms with van der Waals surface area (Å²) in [6.45, 7) is 4.32. The number of ether oxygens (including phenoxy) is 2. The minimum absolute atomic E-state index is 0.331. The van der Waals surface area contributed by atoms with E-state index in [1.807, 2.05) is 13.8 Å². The van der Waals surface area contributed by atoms with Crippen molar-refractivity contribution in [2.45, 2.75) is 20.1 Å². The van der Waals surface area contributed by atoms with E-state index in [4.69, 9.17) is 9.47 Å². The lowest BCUT2D eigenvalue weighted by Gasteiger charge is -2.13. The normalized spacial score (nSPS) is 12.9. The molecule has 0 unspecified atom stereocenters. The number of H-pyrrole nitrogens is 1. The monoisotopic (exact) mass is 208 g/mol. The van der Waals surface area contributed by atoms with Crippen LogP contribution in [0.15, 0.2) is 12.5 Å². The maximum absolute atomic E-state index is 5.49. The Morgan fingerprint density at radius 3 is 3.13 bits per heavy atom. The Bertz CT molecular complexity index is 442. The maximum atomic E-state index is 5.49. The highest BCUT2D eigenvalue weighted by Crippen LogP contribution is 2.19. The fraction of sp³-hybridized carbons (Fsp3) is 0.444. The van der Waals surface area contributed by atoms with Gasteiger partial charge in [-0.1, -0.05) is 0 Å². The summed E-state index contributed by atoms with van der Waals surface area (Å²) >= 11 is 0. The van der Waals surface area contributed by atoms with Gasteiger partial charge in [0.05, 0.1) is 6.20 Å². The van der Waals surface area contributed by atoms with Gasteiger partial charge in [-0.15, -0.1) is 0 Å². The maximum Gasteiger partial charge on any atom is 0.230 e. The highest BCUT2D eigenvalue weighted by atomic mass is 16.7. The molecule has 0 aromatic carbocycles. The van der Waals surface area contributed by atoms with Crippen LogP contribution in [0.3, 0.4) is 0 Å². The standard InChI is InChI=1S/C9H12N4O2/c1-3-14-6(2)15-9-7-4-12-13-8(7)10-5-11-9/h4-6H,3H2,1-2H3,(H,10,11,12,13)/t6-/m0/s1. The Hall–Kier alpha value is -1.69. The molecule has 2 aromatic rings. The molecule has 0 saturated heterocycles. The summed E-state index contributed by atoms with van der Waals surface area (Å²) in [5.74, 6) is 0.481. The van der Waals surface area contributed by atoms with Crippen molar-refractivity contribution in [3.8, 4) is 5.88 Å². The van der Waals surface area contributed by atoms with Crippen LogP contribution in [0.1, 0.15) is 13.8 Å². The van der Waals surface area contributed by atoms with Crippen molar-refractivity contribution in [3.05, 3.63) is 12.5 Å². The molecule has 0 aliphatic carbocycles. The second-order valence-electron chi connectivity index (χ2n) is 2.95. The third-order valence-electron chi connectivity index (χ3n) is 1.89. The van der Waals surface area contributed by atoms with Crippen molar-refractivity contribution in [1.82, 2.24) is 20.2 Å². The van der Waals surface area contributed by atoms with E-state index in [1.165, 1.54) is 6.33 Å². The smallest absolute Gasteiger partial charge is 0.230 e. The first-order valence-electron chi connectivity index (χ1n) is 4.73. The summed E-state index contributed by atoms with van der Waals surface area (Å²) in [5, 5.41) is 7.36. The van der Waals surface area contributed by atoms with Gasteiger partial charge in [0.15, 0.2) is 11.9 Å². The minimum Gasteiger partial charge on any atom is -0.447 e. The summed E-state index contributed by atoms with van der Waals surface area (Å²) in [6.07, 6.45) is 2.72. The summed E-state index contributed by atoms with van der Waals surface area (Å²) in [5.41, 5.74) is 0.656. The van der Waals surface area contributed by atoms with Crippen LogP contribution in [0.4, 0.5) is 0 Å². The van der Waals surface area contributed by atoms with E-state index in [-0.39, 0.29) is 6.29 Å². The first kappa shape index (κ1) is 9.85. The molecular formula is C9H12N4O2. The van der Waals surface area contributed by atoms with E-state index < -0.39 is 0 Å². The number of nitrogens with one attached hydrogen (secondary N) is 1. The summed E-state index contributed by atoms with van der Waals surface area (Å²) in [6, 6.07) is 0. The molecule has 2 aromatic heterocycles. The number of fused-ring (bicyclic) bond motifs is 1. The number of hydrogen-bond acceptors (Lipinski definition) is 5. The zero-order valence-corrected chi connectivity index (χ0v) is 8.60. The molecule has 1 N–H and O–H groups in total. The van der Waals surface area contributed by atoms with Crippen LogP contribution in [0.2, 0.25) is 0 Å². The molecular weight excluding hydrogens is 196 g/mol.